The van der Waals surface area contributed by atoms with Crippen LogP contribution in [0.25, 0.3) is 11.2 Å². The number of rotatable bonds is 4. The van der Waals surface area contributed by atoms with Crippen molar-refractivity contribution >= 4 is 22.9 Å². The topological polar surface area (TPSA) is 90.5 Å². The van der Waals surface area contributed by atoms with Crippen LogP contribution in [0.3, 0.4) is 0 Å². The normalized spacial score (nSPS) is 26.7. The van der Waals surface area contributed by atoms with Crippen molar-refractivity contribution in [2.24, 2.45) is 5.41 Å². The largest absolute Gasteiger partial charge is 0.379 e. The average Bonchev–Trinajstić information content (AvgIpc) is 3.42. The molecule has 0 aliphatic carbocycles. The lowest BCUT2D eigenvalue weighted by Gasteiger charge is -2.29. The maximum atomic E-state index is 13.2. The van der Waals surface area contributed by atoms with Crippen molar-refractivity contribution in [2.75, 3.05) is 63.9 Å². The number of morpholine rings is 1. The highest BCUT2D eigenvalue weighted by Crippen LogP contribution is 2.42. The molecule has 3 aliphatic rings. The molecule has 3 fully saturated rings. The quantitative estimate of drug-likeness (QED) is 0.816. The molecule has 0 saturated carbocycles. The number of fused-ring (bicyclic) bond motifs is 1. The SMILES string of the molecule is O=C1N(CCN2CCOCC2)CCC12CCN(c1ncnc3nc[nH]c13)C2. The van der Waals surface area contributed by atoms with Crippen molar-refractivity contribution in [3.8, 4) is 0 Å². The Morgan fingerprint density at radius 2 is 1.93 bits per heavy atom. The van der Waals surface area contributed by atoms with Crippen LogP contribution < -0.4 is 4.90 Å². The molecule has 5 rings (SSSR count). The molecule has 0 bridgehead atoms. The number of anilines is 1. The number of ether oxygens (including phenoxy) is 1. The molecule has 3 saturated heterocycles. The van der Waals surface area contributed by atoms with E-state index in [0.717, 1.165) is 83.2 Å². The van der Waals surface area contributed by atoms with Crippen molar-refractivity contribution in [3.63, 3.8) is 0 Å². The minimum Gasteiger partial charge on any atom is -0.379 e. The van der Waals surface area contributed by atoms with E-state index in [0.29, 0.717) is 11.6 Å². The summed E-state index contributed by atoms with van der Waals surface area (Å²) in [5.74, 6) is 1.17. The number of amides is 1. The zero-order valence-corrected chi connectivity index (χ0v) is 15.4. The Morgan fingerprint density at radius 1 is 1.07 bits per heavy atom. The molecule has 1 atom stereocenters. The fourth-order valence-corrected chi connectivity index (χ4v) is 4.62. The van der Waals surface area contributed by atoms with Gasteiger partial charge in [-0.3, -0.25) is 9.69 Å². The van der Waals surface area contributed by atoms with Crippen LogP contribution in [0.15, 0.2) is 12.7 Å². The van der Waals surface area contributed by atoms with Crippen molar-refractivity contribution in [3.05, 3.63) is 12.7 Å². The van der Waals surface area contributed by atoms with Gasteiger partial charge in [0.15, 0.2) is 11.5 Å². The number of nitrogens with one attached hydrogen (secondary N) is 1. The number of H-pyrrole nitrogens is 1. The Hall–Kier alpha value is -2.26. The molecule has 1 amide bonds. The van der Waals surface area contributed by atoms with Gasteiger partial charge in [0.25, 0.3) is 0 Å². The first-order valence-electron chi connectivity index (χ1n) is 9.74. The van der Waals surface area contributed by atoms with E-state index in [-0.39, 0.29) is 5.41 Å². The summed E-state index contributed by atoms with van der Waals surface area (Å²) in [6.07, 6.45) is 5.01. The molecule has 9 heteroatoms. The number of imidazole rings is 1. The highest BCUT2D eigenvalue weighted by atomic mass is 16.5. The van der Waals surface area contributed by atoms with Crippen LogP contribution >= 0.6 is 0 Å². The summed E-state index contributed by atoms with van der Waals surface area (Å²) in [6, 6.07) is 0. The van der Waals surface area contributed by atoms with Gasteiger partial charge in [-0.1, -0.05) is 0 Å². The van der Waals surface area contributed by atoms with Crippen molar-refractivity contribution in [2.45, 2.75) is 12.8 Å². The van der Waals surface area contributed by atoms with Gasteiger partial charge in [-0.15, -0.1) is 0 Å². The van der Waals surface area contributed by atoms with Gasteiger partial charge in [-0.05, 0) is 12.8 Å². The molecule has 144 valence electrons. The van der Waals surface area contributed by atoms with Gasteiger partial charge < -0.3 is 19.5 Å². The van der Waals surface area contributed by atoms with E-state index in [1.807, 2.05) is 0 Å². The van der Waals surface area contributed by atoms with Gasteiger partial charge in [0, 0.05) is 45.8 Å². The van der Waals surface area contributed by atoms with Crippen molar-refractivity contribution in [1.29, 1.82) is 0 Å². The second kappa shape index (κ2) is 6.72. The van der Waals surface area contributed by atoms with Gasteiger partial charge >= 0.3 is 0 Å². The number of likely N-dealkylation sites (tertiary alicyclic amines) is 1. The maximum absolute atomic E-state index is 13.2. The molecule has 2 aromatic rings. The third kappa shape index (κ3) is 2.94. The number of carbonyl (C=O) groups excluding carboxylic acids is 1. The fourth-order valence-electron chi connectivity index (χ4n) is 4.62. The third-order valence-corrected chi connectivity index (χ3v) is 6.25. The number of carbonyl (C=O) groups is 1. The predicted molar refractivity (Wildman–Crippen MR) is 99.4 cm³/mol. The van der Waals surface area contributed by atoms with Crippen LogP contribution in [0.2, 0.25) is 0 Å². The molecule has 0 aromatic carbocycles. The average molecular weight is 371 g/mol. The van der Waals surface area contributed by atoms with Gasteiger partial charge in [-0.2, -0.15) is 0 Å². The van der Waals surface area contributed by atoms with E-state index in [4.69, 9.17) is 4.74 Å². The molecule has 2 aromatic heterocycles. The molecule has 1 N–H and O–H groups in total. The summed E-state index contributed by atoms with van der Waals surface area (Å²) in [6.45, 7) is 7.72. The zero-order chi connectivity index (χ0) is 18.3. The van der Waals surface area contributed by atoms with Crippen LogP contribution in [0, 0.1) is 5.41 Å². The lowest BCUT2D eigenvalue weighted by molar-refractivity contribution is -0.135. The van der Waals surface area contributed by atoms with E-state index in [9.17, 15) is 4.79 Å². The number of hydrogen-bond acceptors (Lipinski definition) is 7. The molecule has 5 heterocycles. The standard InChI is InChI=1S/C18H25N7O2/c26-17-18(1-3-24(17)6-5-23-7-9-27-10-8-23)2-4-25(11-18)16-14-15(20-12-19-14)21-13-22-16/h12-13H,1-11H2,(H,19,20,21,22). The van der Waals surface area contributed by atoms with Crippen LogP contribution in [-0.2, 0) is 9.53 Å². The predicted octanol–water partition coefficient (Wildman–Crippen LogP) is 0.114. The maximum Gasteiger partial charge on any atom is 0.230 e. The van der Waals surface area contributed by atoms with Crippen LogP contribution in [0.4, 0.5) is 5.82 Å². The van der Waals surface area contributed by atoms with E-state index < -0.39 is 0 Å². The van der Waals surface area contributed by atoms with Crippen LogP contribution in [0.1, 0.15) is 12.8 Å². The van der Waals surface area contributed by atoms with E-state index in [1.54, 1.807) is 12.7 Å². The fraction of sp³-hybridized carbons (Fsp3) is 0.667. The zero-order valence-electron chi connectivity index (χ0n) is 15.4. The second-order valence-electron chi connectivity index (χ2n) is 7.75. The Balaban J connectivity index is 1.26. The van der Waals surface area contributed by atoms with Gasteiger partial charge in [-0.25, -0.2) is 15.0 Å². The minimum absolute atomic E-state index is 0.262. The summed E-state index contributed by atoms with van der Waals surface area (Å²) < 4.78 is 5.40. The van der Waals surface area contributed by atoms with Crippen molar-refractivity contribution < 1.29 is 9.53 Å². The summed E-state index contributed by atoms with van der Waals surface area (Å²) in [5.41, 5.74) is 1.26. The van der Waals surface area contributed by atoms with Gasteiger partial charge in [0.1, 0.15) is 11.8 Å². The van der Waals surface area contributed by atoms with E-state index >= 15 is 0 Å². The monoisotopic (exact) mass is 371 g/mol. The summed E-state index contributed by atoms with van der Waals surface area (Å²) in [7, 11) is 0. The molecule has 3 aliphatic heterocycles. The summed E-state index contributed by atoms with van der Waals surface area (Å²) >= 11 is 0. The molecule has 27 heavy (non-hydrogen) atoms. The van der Waals surface area contributed by atoms with Gasteiger partial charge in [0.05, 0.1) is 25.0 Å². The Morgan fingerprint density at radius 3 is 2.81 bits per heavy atom. The number of aromatic amines is 1. The van der Waals surface area contributed by atoms with Crippen LogP contribution in [0.5, 0.6) is 0 Å². The number of hydrogen-bond donors (Lipinski definition) is 1. The Kier molecular flexibility index (Phi) is 4.20. The van der Waals surface area contributed by atoms with Crippen LogP contribution in [-0.4, -0.2) is 94.7 Å². The smallest absolute Gasteiger partial charge is 0.230 e. The number of aromatic nitrogens is 4. The second-order valence-corrected chi connectivity index (χ2v) is 7.75. The first-order valence-corrected chi connectivity index (χ1v) is 9.74. The molecule has 1 spiro atoms. The number of nitrogens with zero attached hydrogens (tertiary/aromatic N) is 6. The van der Waals surface area contributed by atoms with Gasteiger partial charge in [0.2, 0.25) is 5.91 Å². The lowest BCUT2D eigenvalue weighted by atomic mass is 9.85. The molecule has 0 radical (unpaired) electrons. The Bertz CT molecular complexity index is 834. The highest BCUT2D eigenvalue weighted by Gasteiger charge is 2.51. The highest BCUT2D eigenvalue weighted by molar-refractivity contribution is 5.88. The van der Waals surface area contributed by atoms with E-state index in [2.05, 4.69) is 34.6 Å². The summed E-state index contributed by atoms with van der Waals surface area (Å²) in [4.78, 5) is 35.8. The molecular weight excluding hydrogens is 346 g/mol. The summed E-state index contributed by atoms with van der Waals surface area (Å²) in [5, 5.41) is 0. The first kappa shape index (κ1) is 16.9. The molecule has 1 unspecified atom stereocenters. The molecular formula is C18H25N7O2. The lowest BCUT2D eigenvalue weighted by Crippen LogP contribution is -2.43. The minimum atomic E-state index is -0.262. The Labute approximate surface area is 157 Å². The molecule has 9 nitrogen and oxygen atoms in total. The third-order valence-electron chi connectivity index (χ3n) is 6.25. The van der Waals surface area contributed by atoms with E-state index in [1.165, 1.54) is 0 Å². The van der Waals surface area contributed by atoms with Crippen molar-refractivity contribution in [1.82, 2.24) is 29.7 Å². The first-order chi connectivity index (χ1) is 13.3.